The summed E-state index contributed by atoms with van der Waals surface area (Å²) < 4.78 is 42.9. The van der Waals surface area contributed by atoms with Crippen molar-refractivity contribution in [2.75, 3.05) is 18.5 Å². The predicted octanol–water partition coefficient (Wildman–Crippen LogP) is 4.86. The Labute approximate surface area is 208 Å². The fourth-order valence-electron chi connectivity index (χ4n) is 3.76. The van der Waals surface area contributed by atoms with Crippen LogP contribution in [0.15, 0.2) is 67.1 Å². The third kappa shape index (κ3) is 6.81. The quantitative estimate of drug-likeness (QED) is 0.157. The first-order valence-electron chi connectivity index (χ1n) is 11.3. The molecule has 37 heavy (non-hydrogen) atoms. The molecule has 2 aromatic heterocycles. The van der Waals surface area contributed by atoms with Crippen molar-refractivity contribution in [3.63, 3.8) is 0 Å². The number of anilines is 1. The fraction of sp³-hybridized carbons (Fsp3) is 0.240. The average Bonchev–Trinajstić information content (AvgIpc) is 3.55. The number of ether oxygens (including phenoxy) is 1. The Balaban J connectivity index is 1.43. The average molecular weight is 516 g/mol. The molecule has 1 unspecified atom stereocenters. The molecular formula is C25H23F3N4O5. The van der Waals surface area contributed by atoms with E-state index < -0.39 is 24.0 Å². The third-order valence-corrected chi connectivity index (χ3v) is 5.46. The molecule has 0 fully saturated rings. The van der Waals surface area contributed by atoms with Crippen molar-refractivity contribution in [2.24, 2.45) is 0 Å². The molecule has 1 atom stereocenters. The number of aromatic nitrogens is 3. The minimum Gasteiger partial charge on any atom is -0.493 e. The highest BCUT2D eigenvalue weighted by Gasteiger charge is 2.43. The highest BCUT2D eigenvalue weighted by molar-refractivity contribution is 5.86. The number of alkyl halides is 3. The Morgan fingerprint density at radius 3 is 2.59 bits per heavy atom. The standard InChI is InChI=1S/C25H23F3N4O5/c26-25(27,28)23(34)37-36-22(33)14-19(16-5-2-1-3-6-16)20-15-32-21-13-17(7-8-18(20)21)35-12-4-9-29-24-30-10-11-31-24/h1-3,5-8,10-11,13,15,19,32H,4,9,12,14H2,(H2,29,30,31). The van der Waals surface area contributed by atoms with Crippen LogP contribution in [0.2, 0.25) is 0 Å². The Kier molecular flexibility index (Phi) is 7.96. The van der Waals surface area contributed by atoms with Crippen molar-refractivity contribution >= 4 is 28.8 Å². The highest BCUT2D eigenvalue weighted by atomic mass is 19.4. The maximum Gasteiger partial charge on any atom is 0.495 e. The summed E-state index contributed by atoms with van der Waals surface area (Å²) >= 11 is 0. The lowest BCUT2D eigenvalue weighted by Gasteiger charge is -2.16. The van der Waals surface area contributed by atoms with E-state index in [9.17, 15) is 22.8 Å². The summed E-state index contributed by atoms with van der Waals surface area (Å²) in [6.07, 6.45) is 0.216. The van der Waals surface area contributed by atoms with Gasteiger partial charge in [-0.15, -0.1) is 0 Å². The van der Waals surface area contributed by atoms with Crippen molar-refractivity contribution in [3.8, 4) is 5.75 Å². The number of halogens is 3. The topological polar surface area (TPSA) is 118 Å². The van der Waals surface area contributed by atoms with Crippen molar-refractivity contribution in [2.45, 2.75) is 24.9 Å². The van der Waals surface area contributed by atoms with Gasteiger partial charge in [0.05, 0.1) is 13.0 Å². The van der Waals surface area contributed by atoms with Crippen LogP contribution in [-0.2, 0) is 19.4 Å². The molecular weight excluding hydrogens is 493 g/mol. The van der Waals surface area contributed by atoms with E-state index in [4.69, 9.17) is 4.74 Å². The van der Waals surface area contributed by atoms with E-state index in [-0.39, 0.29) is 6.42 Å². The predicted molar refractivity (Wildman–Crippen MR) is 127 cm³/mol. The summed E-state index contributed by atoms with van der Waals surface area (Å²) in [6.45, 7) is 1.15. The normalized spacial score (nSPS) is 12.2. The maximum absolute atomic E-state index is 12.3. The number of fused-ring (bicyclic) bond motifs is 1. The van der Waals surface area contributed by atoms with E-state index in [0.717, 1.165) is 28.5 Å². The summed E-state index contributed by atoms with van der Waals surface area (Å²) in [5.74, 6) is -2.96. The maximum atomic E-state index is 12.3. The van der Waals surface area contributed by atoms with Gasteiger partial charge in [-0.05, 0) is 29.7 Å². The van der Waals surface area contributed by atoms with Gasteiger partial charge in [-0.3, -0.25) is 0 Å². The van der Waals surface area contributed by atoms with Crippen molar-refractivity contribution in [3.05, 3.63) is 78.2 Å². The van der Waals surface area contributed by atoms with E-state index in [1.807, 2.05) is 12.1 Å². The number of imidazole rings is 1. The Hall–Kier alpha value is -4.48. The Morgan fingerprint density at radius 1 is 1.05 bits per heavy atom. The molecule has 12 heteroatoms. The molecule has 0 aliphatic carbocycles. The lowest BCUT2D eigenvalue weighted by molar-refractivity contribution is -0.285. The summed E-state index contributed by atoms with van der Waals surface area (Å²) in [6, 6.07) is 14.4. The van der Waals surface area contributed by atoms with E-state index in [1.54, 1.807) is 55.0 Å². The molecule has 4 aromatic rings. The molecule has 0 amide bonds. The van der Waals surface area contributed by atoms with Crippen LogP contribution in [0.1, 0.15) is 29.9 Å². The summed E-state index contributed by atoms with van der Waals surface area (Å²) in [7, 11) is 0. The zero-order valence-electron chi connectivity index (χ0n) is 19.4. The summed E-state index contributed by atoms with van der Waals surface area (Å²) in [4.78, 5) is 41.2. The molecule has 2 aromatic carbocycles. The molecule has 9 nitrogen and oxygen atoms in total. The van der Waals surface area contributed by atoms with E-state index in [1.165, 1.54) is 0 Å². The SMILES string of the molecule is O=C(CC(c1ccccc1)c1c[nH]c2cc(OCCCNc3ncc[nH]3)ccc12)OOC(=O)C(F)(F)F. The molecule has 0 aliphatic rings. The zero-order chi connectivity index (χ0) is 26.3. The lowest BCUT2D eigenvalue weighted by Crippen LogP contribution is -2.27. The Morgan fingerprint density at radius 2 is 1.86 bits per heavy atom. The van der Waals surface area contributed by atoms with Gasteiger partial charge in [0.15, 0.2) is 5.95 Å². The van der Waals surface area contributed by atoms with Gasteiger partial charge in [0, 0.05) is 48.0 Å². The van der Waals surface area contributed by atoms with Gasteiger partial charge in [-0.1, -0.05) is 30.3 Å². The lowest BCUT2D eigenvalue weighted by atomic mass is 9.88. The van der Waals surface area contributed by atoms with E-state index >= 15 is 0 Å². The number of benzene rings is 2. The van der Waals surface area contributed by atoms with E-state index in [0.29, 0.717) is 24.8 Å². The number of H-pyrrole nitrogens is 2. The van der Waals surface area contributed by atoms with Gasteiger partial charge in [-0.2, -0.15) is 13.2 Å². The summed E-state index contributed by atoms with van der Waals surface area (Å²) in [5, 5.41) is 3.93. The number of hydrogen-bond acceptors (Lipinski definition) is 7. The Bertz CT molecular complexity index is 1320. The van der Waals surface area contributed by atoms with Gasteiger partial charge in [0.25, 0.3) is 0 Å². The minimum absolute atomic E-state index is 0.358. The number of nitrogens with one attached hydrogen (secondary N) is 3. The largest absolute Gasteiger partial charge is 0.495 e. The second-order valence-electron chi connectivity index (χ2n) is 8.01. The van der Waals surface area contributed by atoms with Crippen LogP contribution < -0.4 is 10.1 Å². The number of hydrogen-bond donors (Lipinski definition) is 3. The molecule has 0 aliphatic heterocycles. The van der Waals surface area contributed by atoms with Crippen molar-refractivity contribution in [1.82, 2.24) is 15.0 Å². The number of carbonyl (C=O) groups excluding carboxylic acids is 2. The monoisotopic (exact) mass is 516 g/mol. The molecule has 4 rings (SSSR count). The van der Waals surface area contributed by atoms with Crippen LogP contribution in [0.3, 0.4) is 0 Å². The third-order valence-electron chi connectivity index (χ3n) is 5.46. The minimum atomic E-state index is -5.27. The second kappa shape index (κ2) is 11.5. The van der Waals surface area contributed by atoms with Gasteiger partial charge in [0.1, 0.15) is 5.75 Å². The van der Waals surface area contributed by atoms with Gasteiger partial charge < -0.3 is 20.0 Å². The molecule has 2 heterocycles. The molecule has 194 valence electrons. The first-order chi connectivity index (χ1) is 17.8. The van der Waals surface area contributed by atoms with Crippen LogP contribution >= 0.6 is 0 Å². The molecule has 0 radical (unpaired) electrons. The van der Waals surface area contributed by atoms with Gasteiger partial charge in [-0.25, -0.2) is 24.3 Å². The zero-order valence-corrected chi connectivity index (χ0v) is 19.4. The van der Waals surface area contributed by atoms with Crippen LogP contribution in [0.4, 0.5) is 19.1 Å². The number of nitrogens with zero attached hydrogens (tertiary/aromatic N) is 1. The van der Waals surface area contributed by atoms with Crippen molar-refractivity contribution in [1.29, 1.82) is 0 Å². The van der Waals surface area contributed by atoms with Crippen LogP contribution in [0.25, 0.3) is 10.9 Å². The van der Waals surface area contributed by atoms with Crippen LogP contribution in [-0.4, -0.2) is 46.2 Å². The molecule has 0 saturated heterocycles. The molecule has 0 saturated carbocycles. The smallest absolute Gasteiger partial charge is 0.493 e. The van der Waals surface area contributed by atoms with Gasteiger partial charge >= 0.3 is 18.1 Å². The number of rotatable bonds is 10. The van der Waals surface area contributed by atoms with E-state index in [2.05, 4.69) is 30.0 Å². The first kappa shape index (κ1) is 25.6. The summed E-state index contributed by atoms with van der Waals surface area (Å²) in [5.41, 5.74) is 2.19. The van der Waals surface area contributed by atoms with Crippen LogP contribution in [0.5, 0.6) is 5.75 Å². The molecule has 0 bridgehead atoms. The van der Waals surface area contributed by atoms with Crippen molar-refractivity contribution < 1.29 is 37.3 Å². The number of aromatic amines is 2. The molecule has 3 N–H and O–H groups in total. The highest BCUT2D eigenvalue weighted by Crippen LogP contribution is 2.35. The first-order valence-corrected chi connectivity index (χ1v) is 11.3. The molecule has 0 spiro atoms. The van der Waals surface area contributed by atoms with Crippen LogP contribution in [0, 0.1) is 0 Å². The number of carbonyl (C=O) groups is 2. The van der Waals surface area contributed by atoms with Gasteiger partial charge in [0.2, 0.25) is 0 Å². The fourth-order valence-corrected chi connectivity index (χ4v) is 3.76. The second-order valence-corrected chi connectivity index (χ2v) is 8.01.